The van der Waals surface area contributed by atoms with Crippen LogP contribution in [0.25, 0.3) is 10.8 Å². The van der Waals surface area contributed by atoms with Gasteiger partial charge in [-0.25, -0.2) is 22.6 Å². The summed E-state index contributed by atoms with van der Waals surface area (Å²) in [6.07, 6.45) is 6.47. The number of alkyl halides is 1. The fraction of sp³-hybridized carbons (Fsp3) is 0.634. The summed E-state index contributed by atoms with van der Waals surface area (Å²) in [5.41, 5.74) is -2.51. The quantitative estimate of drug-likeness (QED) is 0.318. The molecule has 3 fully saturated rings. The number of benzene rings is 1. The number of carbonyl (C=O) groups excluding carboxylic acids is 4. The highest BCUT2D eigenvalue weighted by molar-refractivity contribution is 7.91. The molecule has 7 atom stereocenters. The number of carbonyl (C=O) groups is 4. The molecule has 3 aliphatic heterocycles. The molecule has 0 spiro atoms. The fourth-order valence-electron chi connectivity index (χ4n) is 8.39. The number of hydrogen-bond donors (Lipinski definition) is 3. The summed E-state index contributed by atoms with van der Waals surface area (Å²) < 4.78 is 64.6. The Kier molecular flexibility index (Phi) is 11.3. The van der Waals surface area contributed by atoms with Crippen LogP contribution in [0.15, 0.2) is 36.5 Å². The maximum absolute atomic E-state index is 15.0. The highest BCUT2D eigenvalue weighted by Gasteiger charge is 2.64. The molecule has 5 aliphatic rings. The highest BCUT2D eigenvalue weighted by atomic mass is 32.2. The second kappa shape index (κ2) is 15.8. The number of rotatable bonds is 8. The van der Waals surface area contributed by atoms with Gasteiger partial charge in [0.25, 0.3) is 5.91 Å². The van der Waals surface area contributed by atoms with E-state index in [2.05, 4.69) is 27.3 Å². The van der Waals surface area contributed by atoms with E-state index in [9.17, 15) is 32.0 Å². The molecule has 7 rings (SSSR count). The number of alkyl carbamates (subject to hydrolysis) is 1. The molecule has 2 aromatic rings. The second-order valence-corrected chi connectivity index (χ2v) is 19.5. The Labute approximate surface area is 338 Å². The molecule has 0 radical (unpaired) electrons. The molecule has 1 saturated heterocycles. The first-order chi connectivity index (χ1) is 27.5. The number of ether oxygens (including phenoxy) is 4. The van der Waals surface area contributed by atoms with Crippen molar-refractivity contribution in [3.8, 4) is 17.4 Å². The zero-order valence-electron chi connectivity index (χ0n) is 33.7. The maximum Gasteiger partial charge on any atom is 0.408 e. The smallest absolute Gasteiger partial charge is 0.408 e. The van der Waals surface area contributed by atoms with E-state index in [1.54, 1.807) is 45.2 Å². The molecule has 0 bridgehead atoms. The molecule has 1 aromatic carbocycles. The van der Waals surface area contributed by atoms with Gasteiger partial charge in [-0.2, -0.15) is 0 Å². The van der Waals surface area contributed by atoms with Crippen molar-refractivity contribution in [2.75, 3.05) is 26.4 Å². The summed E-state index contributed by atoms with van der Waals surface area (Å²) in [5.74, 6) is -1.56. The van der Waals surface area contributed by atoms with Crippen LogP contribution in [0.2, 0.25) is 0 Å². The molecule has 58 heavy (non-hydrogen) atoms. The lowest BCUT2D eigenvalue weighted by molar-refractivity contribution is -0.142. The van der Waals surface area contributed by atoms with Gasteiger partial charge in [0.15, 0.2) is 11.5 Å². The first-order valence-electron chi connectivity index (χ1n) is 20.2. The summed E-state index contributed by atoms with van der Waals surface area (Å²) in [4.78, 5) is 62.8. The van der Waals surface area contributed by atoms with E-state index in [0.717, 1.165) is 6.42 Å². The third kappa shape index (κ3) is 8.28. The Balaban J connectivity index is 1.24. The monoisotopic (exact) mass is 827 g/mol. The minimum Gasteiger partial charge on any atom is -0.486 e. The fourth-order valence-corrected chi connectivity index (χ4v) is 9.82. The van der Waals surface area contributed by atoms with Crippen LogP contribution in [0, 0.1) is 17.8 Å². The Morgan fingerprint density at radius 1 is 1.10 bits per heavy atom. The number of aromatic nitrogens is 1. The van der Waals surface area contributed by atoms with E-state index >= 15 is 0 Å². The van der Waals surface area contributed by atoms with Gasteiger partial charge >= 0.3 is 6.09 Å². The standard InChI is InChI=1S/C41H54FN5O10S/c1-6-25-19-24(2)9-7-8-10-26-21-41(26,37(50)46-58(52,53)40(23-42)14-15-40)45-34(48)30-20-27(22-47(30)36(49)32(25)44-38(51)57-39(3,4)5)56-35-29-11-12-31-33(55-18-17-54-31)28(29)13-16-43-35/h8,10-13,16,24-27,30,32H,6-7,9,14-15,17-23H2,1-5H3,(H,44,51)(H,45,48)(H,46,50)/b10-8-/t24-,25+,26+,27+,30-,32-,41+/m0/s1. The van der Waals surface area contributed by atoms with Gasteiger partial charge in [-0.1, -0.05) is 32.4 Å². The van der Waals surface area contributed by atoms with Crippen molar-refractivity contribution in [2.45, 2.75) is 120 Å². The molecular weight excluding hydrogens is 774 g/mol. The third-order valence-corrected chi connectivity index (χ3v) is 14.1. The Hall–Kier alpha value is -4.67. The zero-order valence-corrected chi connectivity index (χ0v) is 34.5. The lowest BCUT2D eigenvalue weighted by Crippen LogP contribution is -2.59. The number of hydrogen-bond acceptors (Lipinski definition) is 11. The molecule has 3 N–H and O–H groups in total. The molecule has 0 unspecified atom stereocenters. The number of allylic oxidation sites excluding steroid dienone is 1. The van der Waals surface area contributed by atoms with Gasteiger partial charge in [-0.15, -0.1) is 0 Å². The van der Waals surface area contributed by atoms with Crippen LogP contribution in [-0.2, 0) is 29.1 Å². The Morgan fingerprint density at radius 3 is 2.57 bits per heavy atom. The molecule has 2 aliphatic carbocycles. The number of nitrogens with zero attached hydrogens (tertiary/aromatic N) is 2. The van der Waals surface area contributed by atoms with Crippen LogP contribution in [-0.4, -0.2) is 103 Å². The normalized spacial score (nSPS) is 30.1. The summed E-state index contributed by atoms with van der Waals surface area (Å²) >= 11 is 0. The van der Waals surface area contributed by atoms with Gasteiger partial charge < -0.3 is 34.5 Å². The molecule has 4 heterocycles. The summed E-state index contributed by atoms with van der Waals surface area (Å²) in [7, 11) is -4.39. The summed E-state index contributed by atoms with van der Waals surface area (Å²) in [5, 5.41) is 7.02. The van der Waals surface area contributed by atoms with E-state index < -0.39 is 80.5 Å². The number of pyridine rings is 1. The summed E-state index contributed by atoms with van der Waals surface area (Å²) in [6, 6.07) is 3.07. The third-order valence-electron chi connectivity index (χ3n) is 12.0. The highest BCUT2D eigenvalue weighted by Crippen LogP contribution is 2.48. The molecule has 17 heteroatoms. The largest absolute Gasteiger partial charge is 0.486 e. The van der Waals surface area contributed by atoms with Gasteiger partial charge in [-0.05, 0) is 89.3 Å². The van der Waals surface area contributed by atoms with Crippen LogP contribution >= 0.6 is 0 Å². The van der Waals surface area contributed by atoms with Crippen molar-refractivity contribution in [3.05, 3.63) is 36.5 Å². The van der Waals surface area contributed by atoms with Crippen LogP contribution in [0.1, 0.15) is 86.0 Å². The van der Waals surface area contributed by atoms with Crippen molar-refractivity contribution < 1.29 is 50.9 Å². The van der Waals surface area contributed by atoms with E-state index in [1.165, 1.54) is 4.90 Å². The maximum atomic E-state index is 15.0. The van der Waals surface area contributed by atoms with Crippen molar-refractivity contribution in [3.63, 3.8) is 0 Å². The lowest BCUT2D eigenvalue weighted by atomic mass is 9.85. The van der Waals surface area contributed by atoms with Gasteiger partial charge in [-0.3, -0.25) is 19.1 Å². The van der Waals surface area contributed by atoms with E-state index in [0.29, 0.717) is 54.7 Å². The Morgan fingerprint density at radius 2 is 1.86 bits per heavy atom. The first-order valence-corrected chi connectivity index (χ1v) is 21.7. The number of nitrogens with one attached hydrogen (secondary N) is 3. The van der Waals surface area contributed by atoms with Gasteiger partial charge in [0.05, 0.1) is 6.54 Å². The molecule has 1 aromatic heterocycles. The van der Waals surface area contributed by atoms with Crippen molar-refractivity contribution >= 4 is 44.6 Å². The van der Waals surface area contributed by atoms with Gasteiger partial charge in [0.1, 0.15) is 54.0 Å². The van der Waals surface area contributed by atoms with Crippen molar-refractivity contribution in [2.24, 2.45) is 17.8 Å². The molecule has 4 amide bonds. The lowest BCUT2D eigenvalue weighted by Gasteiger charge is -2.34. The minimum absolute atomic E-state index is 0.0198. The number of sulfonamides is 1. The predicted octanol–water partition coefficient (Wildman–Crippen LogP) is 4.47. The number of amides is 4. The van der Waals surface area contributed by atoms with Crippen LogP contribution in [0.3, 0.4) is 0 Å². The average molecular weight is 828 g/mol. The molecule has 15 nitrogen and oxygen atoms in total. The number of fused-ring (bicyclic) bond motifs is 5. The van der Waals surface area contributed by atoms with E-state index in [4.69, 9.17) is 18.9 Å². The second-order valence-electron chi connectivity index (χ2n) is 17.4. The average Bonchev–Trinajstić information content (AvgIpc) is 4.08. The van der Waals surface area contributed by atoms with E-state index in [1.807, 2.05) is 19.1 Å². The van der Waals surface area contributed by atoms with Crippen LogP contribution in [0.5, 0.6) is 17.4 Å². The van der Waals surface area contributed by atoms with Crippen LogP contribution < -0.4 is 29.6 Å². The predicted molar refractivity (Wildman–Crippen MR) is 210 cm³/mol. The van der Waals surface area contributed by atoms with Crippen molar-refractivity contribution in [1.82, 2.24) is 25.2 Å². The molecular formula is C41H54FN5O10S. The number of halogens is 1. The van der Waals surface area contributed by atoms with Crippen LogP contribution in [0.4, 0.5) is 9.18 Å². The van der Waals surface area contributed by atoms with Gasteiger partial charge in [0.2, 0.25) is 27.7 Å². The summed E-state index contributed by atoms with van der Waals surface area (Å²) in [6.45, 7) is 8.76. The molecule has 316 valence electrons. The van der Waals surface area contributed by atoms with Crippen molar-refractivity contribution in [1.29, 1.82) is 0 Å². The minimum atomic E-state index is -4.39. The Bertz CT molecular complexity index is 2090. The zero-order chi connectivity index (χ0) is 41.6. The topological polar surface area (TPSA) is 192 Å². The van der Waals surface area contributed by atoms with Gasteiger partial charge in [0, 0.05) is 29.3 Å². The molecule has 2 saturated carbocycles. The SMILES string of the molecule is CC[C@@H]1C[C@@H](C)CC/C=C\[C@@H]2C[C@@]2(C(=O)NS(=O)(=O)C2(CF)CC2)NC(=O)[C@@H]2C[C@@H](Oc3nccc4c5c(ccc34)OCCO5)CN2C(=O)[C@H]1NC(=O)OC(C)(C)C. The van der Waals surface area contributed by atoms with E-state index in [-0.39, 0.29) is 49.9 Å². The first kappa shape index (κ1) is 41.5.